The minimum atomic E-state index is -4.58. The first-order chi connectivity index (χ1) is 9.40. The van der Waals surface area contributed by atoms with Crippen molar-refractivity contribution in [3.63, 3.8) is 0 Å². The Bertz CT molecular complexity index is 455. The zero-order chi connectivity index (χ0) is 14.8. The fourth-order valence-corrected chi connectivity index (χ4v) is 2.26. The van der Waals surface area contributed by atoms with Gasteiger partial charge in [-0.2, -0.15) is 13.2 Å². The highest BCUT2D eigenvalue weighted by atomic mass is 19.4. The van der Waals surface area contributed by atoms with E-state index in [-0.39, 0.29) is 11.6 Å². The highest BCUT2D eigenvalue weighted by molar-refractivity contribution is 5.47. The number of nitrogen functional groups attached to an aromatic ring is 1. The maximum atomic E-state index is 12.7. The molecule has 112 valence electrons. The van der Waals surface area contributed by atoms with Crippen LogP contribution >= 0.6 is 0 Å². The second-order valence-corrected chi connectivity index (χ2v) is 4.80. The molecule has 1 aliphatic rings. The van der Waals surface area contributed by atoms with Crippen LogP contribution < -0.4 is 10.6 Å². The number of nitrogens with zero attached hydrogens (tertiary/aromatic N) is 4. The van der Waals surface area contributed by atoms with Crippen molar-refractivity contribution < 1.29 is 13.2 Å². The van der Waals surface area contributed by atoms with Crippen LogP contribution in [0, 0.1) is 0 Å². The van der Waals surface area contributed by atoms with Gasteiger partial charge in [0.2, 0.25) is 5.82 Å². The number of aromatic nitrogens is 2. The van der Waals surface area contributed by atoms with Crippen LogP contribution in [0.2, 0.25) is 0 Å². The molecule has 8 heteroatoms. The number of halogens is 3. The smallest absolute Gasteiger partial charge is 0.384 e. The number of alkyl halides is 3. The van der Waals surface area contributed by atoms with Gasteiger partial charge < -0.3 is 10.6 Å². The van der Waals surface area contributed by atoms with Gasteiger partial charge in [-0.3, -0.25) is 4.90 Å². The number of hydrogen-bond donors (Lipinski definition) is 1. The lowest BCUT2D eigenvalue weighted by atomic mass is 10.3. The molecule has 0 spiro atoms. The Balaban J connectivity index is 2.12. The molecule has 0 saturated carbocycles. The molecule has 5 nitrogen and oxygen atoms in total. The molecule has 2 heterocycles. The van der Waals surface area contributed by atoms with E-state index in [0.717, 1.165) is 26.1 Å². The number of anilines is 2. The summed E-state index contributed by atoms with van der Waals surface area (Å²) in [4.78, 5) is 10.9. The van der Waals surface area contributed by atoms with E-state index in [4.69, 9.17) is 5.73 Å². The summed E-state index contributed by atoms with van der Waals surface area (Å²) < 4.78 is 38.0. The second kappa shape index (κ2) is 5.82. The summed E-state index contributed by atoms with van der Waals surface area (Å²) in [7, 11) is 0. The first-order valence-corrected chi connectivity index (χ1v) is 6.59. The van der Waals surface area contributed by atoms with Crippen LogP contribution in [-0.2, 0) is 6.18 Å². The van der Waals surface area contributed by atoms with Crippen LogP contribution in [0.1, 0.15) is 19.2 Å². The molecule has 1 aliphatic heterocycles. The van der Waals surface area contributed by atoms with Crippen LogP contribution in [0.3, 0.4) is 0 Å². The van der Waals surface area contributed by atoms with Crippen molar-refractivity contribution in [2.45, 2.75) is 19.5 Å². The average molecular weight is 289 g/mol. The summed E-state index contributed by atoms with van der Waals surface area (Å²) >= 11 is 0. The lowest BCUT2D eigenvalue weighted by molar-refractivity contribution is -0.144. The Morgan fingerprint density at radius 1 is 1.20 bits per heavy atom. The predicted molar refractivity (Wildman–Crippen MR) is 70.4 cm³/mol. The molecule has 20 heavy (non-hydrogen) atoms. The second-order valence-electron chi connectivity index (χ2n) is 4.80. The van der Waals surface area contributed by atoms with Crippen molar-refractivity contribution in [3.8, 4) is 0 Å². The van der Waals surface area contributed by atoms with E-state index < -0.39 is 12.0 Å². The van der Waals surface area contributed by atoms with Gasteiger partial charge in [-0.15, -0.1) is 0 Å². The van der Waals surface area contributed by atoms with E-state index in [1.165, 1.54) is 6.07 Å². The fourth-order valence-electron chi connectivity index (χ4n) is 2.26. The molecule has 0 radical (unpaired) electrons. The maximum Gasteiger partial charge on any atom is 0.451 e. The number of rotatable bonds is 3. The Labute approximate surface area is 115 Å². The van der Waals surface area contributed by atoms with Crippen molar-refractivity contribution in [2.24, 2.45) is 0 Å². The Morgan fingerprint density at radius 3 is 2.40 bits per heavy atom. The molecular weight excluding hydrogens is 271 g/mol. The normalized spacial score (nSPS) is 17.5. The van der Waals surface area contributed by atoms with Gasteiger partial charge in [0.05, 0.1) is 0 Å². The summed E-state index contributed by atoms with van der Waals surface area (Å²) in [5.74, 6) is -1.08. The van der Waals surface area contributed by atoms with Gasteiger partial charge >= 0.3 is 6.18 Å². The number of nitrogens with two attached hydrogens (primary N) is 1. The van der Waals surface area contributed by atoms with Gasteiger partial charge in [0.15, 0.2) is 0 Å². The third-order valence-electron chi connectivity index (χ3n) is 3.22. The summed E-state index contributed by atoms with van der Waals surface area (Å²) in [5, 5.41) is 0. The van der Waals surface area contributed by atoms with Crippen LogP contribution in [0.4, 0.5) is 24.8 Å². The third-order valence-corrected chi connectivity index (χ3v) is 3.22. The highest BCUT2D eigenvalue weighted by Crippen LogP contribution is 2.28. The molecule has 2 rings (SSSR count). The van der Waals surface area contributed by atoms with Crippen molar-refractivity contribution in [2.75, 3.05) is 43.4 Å². The summed E-state index contributed by atoms with van der Waals surface area (Å²) in [6, 6.07) is 1.39. The molecule has 1 saturated heterocycles. The van der Waals surface area contributed by atoms with Crippen molar-refractivity contribution in [1.29, 1.82) is 0 Å². The summed E-state index contributed by atoms with van der Waals surface area (Å²) in [6.07, 6.45) is -3.51. The Kier molecular flexibility index (Phi) is 4.32. The molecule has 0 atom stereocenters. The van der Waals surface area contributed by atoms with Gasteiger partial charge in [0, 0.05) is 32.2 Å². The topological polar surface area (TPSA) is 58.3 Å². The van der Waals surface area contributed by atoms with E-state index in [1.54, 1.807) is 0 Å². The molecule has 0 unspecified atom stereocenters. The van der Waals surface area contributed by atoms with Crippen molar-refractivity contribution in [3.05, 3.63) is 11.9 Å². The quantitative estimate of drug-likeness (QED) is 0.916. The van der Waals surface area contributed by atoms with E-state index in [9.17, 15) is 13.2 Å². The molecular formula is C12H18F3N5. The standard InChI is InChI=1S/C12H18F3N5/c1-2-3-19-4-6-20(7-5-19)10-8-9(16)17-11(18-10)12(13,14)15/h8H,2-7H2,1H3,(H2,16,17,18). The molecule has 2 N–H and O–H groups in total. The lowest BCUT2D eigenvalue weighted by Crippen LogP contribution is -2.47. The minimum absolute atomic E-state index is 0.154. The van der Waals surface area contributed by atoms with Crippen molar-refractivity contribution in [1.82, 2.24) is 14.9 Å². The monoisotopic (exact) mass is 289 g/mol. The Morgan fingerprint density at radius 2 is 1.85 bits per heavy atom. The average Bonchev–Trinajstić information content (AvgIpc) is 2.38. The van der Waals surface area contributed by atoms with Crippen LogP contribution in [0.25, 0.3) is 0 Å². The van der Waals surface area contributed by atoms with Crippen LogP contribution in [0.15, 0.2) is 6.07 Å². The van der Waals surface area contributed by atoms with E-state index in [1.807, 2.05) is 4.90 Å². The molecule has 1 aromatic heterocycles. The molecule has 0 aromatic carbocycles. The van der Waals surface area contributed by atoms with E-state index >= 15 is 0 Å². The first-order valence-electron chi connectivity index (χ1n) is 6.59. The Hall–Kier alpha value is -1.57. The number of piperazine rings is 1. The molecule has 0 amide bonds. The summed E-state index contributed by atoms with van der Waals surface area (Å²) in [6.45, 7) is 6.04. The first kappa shape index (κ1) is 14.8. The number of hydrogen-bond acceptors (Lipinski definition) is 5. The molecule has 1 fully saturated rings. The zero-order valence-electron chi connectivity index (χ0n) is 11.3. The lowest BCUT2D eigenvalue weighted by Gasteiger charge is -2.35. The largest absolute Gasteiger partial charge is 0.451 e. The van der Waals surface area contributed by atoms with Crippen LogP contribution in [-0.4, -0.2) is 47.6 Å². The highest BCUT2D eigenvalue weighted by Gasteiger charge is 2.35. The molecule has 1 aromatic rings. The SMILES string of the molecule is CCCN1CCN(c2cc(N)nc(C(F)(F)F)n2)CC1. The van der Waals surface area contributed by atoms with Gasteiger partial charge in [-0.25, -0.2) is 9.97 Å². The van der Waals surface area contributed by atoms with Crippen LogP contribution in [0.5, 0.6) is 0 Å². The van der Waals surface area contributed by atoms with E-state index in [2.05, 4.69) is 21.8 Å². The third kappa shape index (κ3) is 3.50. The van der Waals surface area contributed by atoms with Crippen molar-refractivity contribution >= 4 is 11.6 Å². The molecule has 0 aliphatic carbocycles. The maximum absolute atomic E-state index is 12.7. The summed E-state index contributed by atoms with van der Waals surface area (Å²) in [5.41, 5.74) is 5.45. The zero-order valence-corrected chi connectivity index (χ0v) is 11.3. The van der Waals surface area contributed by atoms with E-state index in [0.29, 0.717) is 13.1 Å². The van der Waals surface area contributed by atoms with Gasteiger partial charge in [-0.1, -0.05) is 6.92 Å². The fraction of sp³-hybridized carbons (Fsp3) is 0.667. The predicted octanol–water partition coefficient (Wildman–Crippen LogP) is 1.61. The minimum Gasteiger partial charge on any atom is -0.384 e. The molecule has 0 bridgehead atoms. The van der Waals surface area contributed by atoms with Gasteiger partial charge in [0.25, 0.3) is 0 Å². The van der Waals surface area contributed by atoms with Gasteiger partial charge in [0.1, 0.15) is 11.6 Å². The van der Waals surface area contributed by atoms with Gasteiger partial charge in [-0.05, 0) is 13.0 Å².